The molecule has 0 aliphatic rings. The second-order valence-corrected chi connectivity index (χ2v) is 2.74. The summed E-state index contributed by atoms with van der Waals surface area (Å²) >= 11 is 4.01. The van der Waals surface area contributed by atoms with Crippen molar-refractivity contribution >= 4 is 24.4 Å². The van der Waals surface area contributed by atoms with Gasteiger partial charge in [0.2, 0.25) is 0 Å². The van der Waals surface area contributed by atoms with Crippen LogP contribution < -0.4 is 5.73 Å². The number of benzene rings is 1. The molecule has 1 aromatic carbocycles. The highest BCUT2D eigenvalue weighted by Crippen LogP contribution is 2.25. The number of aromatic hydroxyl groups is 1. The molecule has 3 heteroatoms. The lowest BCUT2D eigenvalue weighted by molar-refractivity contribution is 0.476. The third-order valence-corrected chi connectivity index (χ3v) is 1.71. The highest BCUT2D eigenvalue weighted by molar-refractivity contribution is 7.80. The fourth-order valence-corrected chi connectivity index (χ4v) is 1.000. The van der Waals surface area contributed by atoms with Crippen LogP contribution in [0.1, 0.15) is 5.56 Å². The van der Waals surface area contributed by atoms with Gasteiger partial charge in [-0.2, -0.15) is 12.6 Å². The monoisotopic (exact) mass is 181 g/mol. The molecule has 0 amide bonds. The first-order chi connectivity index (χ1) is 5.75. The van der Waals surface area contributed by atoms with Gasteiger partial charge in [-0.3, -0.25) is 0 Å². The van der Waals surface area contributed by atoms with Gasteiger partial charge in [0.15, 0.2) is 0 Å². The van der Waals surface area contributed by atoms with Crippen LogP contribution >= 0.6 is 12.6 Å². The van der Waals surface area contributed by atoms with Crippen molar-refractivity contribution in [3.8, 4) is 5.75 Å². The molecule has 0 saturated carbocycles. The SMILES string of the molecule is Nc1cccc(C=CCS)c1O. The lowest BCUT2D eigenvalue weighted by atomic mass is 10.1. The van der Waals surface area contributed by atoms with E-state index in [1.54, 1.807) is 24.3 Å². The van der Waals surface area contributed by atoms with Gasteiger partial charge in [0, 0.05) is 11.3 Å². The molecule has 2 nitrogen and oxygen atoms in total. The smallest absolute Gasteiger partial charge is 0.145 e. The summed E-state index contributed by atoms with van der Waals surface area (Å²) in [4.78, 5) is 0. The minimum absolute atomic E-state index is 0.135. The van der Waals surface area contributed by atoms with Crippen LogP contribution in [0.15, 0.2) is 24.3 Å². The van der Waals surface area contributed by atoms with Gasteiger partial charge >= 0.3 is 0 Å². The first-order valence-corrected chi connectivity index (χ1v) is 4.24. The van der Waals surface area contributed by atoms with E-state index in [1.807, 2.05) is 6.08 Å². The lowest BCUT2D eigenvalue weighted by Gasteiger charge is -2.01. The van der Waals surface area contributed by atoms with Gasteiger partial charge in [-0.15, -0.1) is 0 Å². The van der Waals surface area contributed by atoms with Crippen LogP contribution in [-0.2, 0) is 0 Å². The van der Waals surface area contributed by atoms with Crippen molar-refractivity contribution in [1.29, 1.82) is 0 Å². The maximum Gasteiger partial charge on any atom is 0.145 e. The van der Waals surface area contributed by atoms with E-state index in [4.69, 9.17) is 5.73 Å². The largest absolute Gasteiger partial charge is 0.505 e. The molecule has 3 N–H and O–H groups in total. The molecule has 0 heterocycles. The third-order valence-electron chi connectivity index (χ3n) is 1.50. The van der Waals surface area contributed by atoms with Gasteiger partial charge in [0.25, 0.3) is 0 Å². The maximum absolute atomic E-state index is 9.42. The van der Waals surface area contributed by atoms with E-state index in [0.717, 1.165) is 5.56 Å². The minimum atomic E-state index is 0.135. The fourth-order valence-electron chi connectivity index (χ4n) is 0.894. The van der Waals surface area contributed by atoms with Crippen LogP contribution in [0.2, 0.25) is 0 Å². The average Bonchev–Trinajstić information content (AvgIpc) is 2.08. The second-order valence-electron chi connectivity index (χ2n) is 2.37. The van der Waals surface area contributed by atoms with Gasteiger partial charge in [-0.05, 0) is 6.07 Å². The summed E-state index contributed by atoms with van der Waals surface area (Å²) in [5.74, 6) is 0.782. The van der Waals surface area contributed by atoms with Gasteiger partial charge in [-0.25, -0.2) is 0 Å². The Kier molecular flexibility index (Phi) is 3.05. The Bertz CT molecular complexity index is 297. The number of hydrogen-bond acceptors (Lipinski definition) is 3. The van der Waals surface area contributed by atoms with Gasteiger partial charge in [-0.1, -0.05) is 24.3 Å². The summed E-state index contributed by atoms with van der Waals surface area (Å²) < 4.78 is 0. The molecular weight excluding hydrogens is 170 g/mol. The summed E-state index contributed by atoms with van der Waals surface area (Å²) in [6.07, 6.45) is 3.64. The molecule has 0 aliphatic heterocycles. The third kappa shape index (κ3) is 1.95. The average molecular weight is 181 g/mol. The predicted octanol–water partition coefficient (Wildman–Crippen LogP) is 1.92. The van der Waals surface area contributed by atoms with Gasteiger partial charge in [0.1, 0.15) is 5.75 Å². The number of nitrogen functional groups attached to an aromatic ring is 1. The number of anilines is 1. The van der Waals surface area contributed by atoms with E-state index in [-0.39, 0.29) is 5.75 Å². The molecule has 0 aliphatic carbocycles. The van der Waals surface area contributed by atoms with Crippen molar-refractivity contribution in [2.75, 3.05) is 11.5 Å². The van der Waals surface area contributed by atoms with Crippen molar-refractivity contribution in [2.45, 2.75) is 0 Å². The fraction of sp³-hybridized carbons (Fsp3) is 0.111. The molecule has 0 bridgehead atoms. The lowest BCUT2D eigenvalue weighted by Crippen LogP contribution is -1.86. The zero-order valence-corrected chi connectivity index (χ0v) is 7.46. The molecule has 1 rings (SSSR count). The summed E-state index contributed by atoms with van der Waals surface area (Å²) in [7, 11) is 0. The zero-order valence-electron chi connectivity index (χ0n) is 6.57. The van der Waals surface area contributed by atoms with Crippen molar-refractivity contribution in [1.82, 2.24) is 0 Å². The highest BCUT2D eigenvalue weighted by atomic mass is 32.1. The molecule has 1 aromatic rings. The zero-order chi connectivity index (χ0) is 8.97. The first kappa shape index (κ1) is 9.00. The van der Waals surface area contributed by atoms with E-state index in [9.17, 15) is 5.11 Å². The van der Waals surface area contributed by atoms with Gasteiger partial charge < -0.3 is 10.8 Å². The van der Waals surface area contributed by atoms with Crippen LogP contribution in [0, 0.1) is 0 Å². The summed E-state index contributed by atoms with van der Waals surface area (Å²) in [6.45, 7) is 0. The van der Waals surface area contributed by atoms with Crippen LogP contribution in [-0.4, -0.2) is 10.9 Å². The van der Waals surface area contributed by atoms with Crippen molar-refractivity contribution in [3.05, 3.63) is 29.8 Å². The van der Waals surface area contributed by atoms with E-state index in [1.165, 1.54) is 0 Å². The predicted molar refractivity (Wildman–Crippen MR) is 55.4 cm³/mol. The van der Waals surface area contributed by atoms with E-state index in [2.05, 4.69) is 12.6 Å². The number of hydrogen-bond donors (Lipinski definition) is 3. The number of phenols is 1. The molecule has 0 spiro atoms. The van der Waals surface area contributed by atoms with Crippen LogP contribution in [0.5, 0.6) is 5.75 Å². The number of rotatable bonds is 2. The maximum atomic E-state index is 9.42. The van der Waals surface area contributed by atoms with E-state index < -0.39 is 0 Å². The molecule has 0 fully saturated rings. The highest BCUT2D eigenvalue weighted by Gasteiger charge is 1.98. The Balaban J connectivity index is 3.00. The quantitative estimate of drug-likeness (QED) is 0.371. The summed E-state index contributed by atoms with van der Waals surface area (Å²) in [5.41, 5.74) is 6.61. The molecule has 0 aromatic heterocycles. The Hall–Kier alpha value is -1.09. The first-order valence-electron chi connectivity index (χ1n) is 3.60. The summed E-state index contributed by atoms with van der Waals surface area (Å²) in [6, 6.07) is 5.26. The molecule has 12 heavy (non-hydrogen) atoms. The van der Waals surface area contributed by atoms with E-state index >= 15 is 0 Å². The number of thiol groups is 1. The number of nitrogens with two attached hydrogens (primary N) is 1. The topological polar surface area (TPSA) is 46.2 Å². The Morgan fingerprint density at radius 2 is 2.25 bits per heavy atom. The number of para-hydroxylation sites is 1. The van der Waals surface area contributed by atoms with Crippen LogP contribution in [0.3, 0.4) is 0 Å². The second kappa shape index (κ2) is 4.07. The molecule has 0 saturated heterocycles. The Morgan fingerprint density at radius 3 is 2.92 bits per heavy atom. The Morgan fingerprint density at radius 1 is 1.50 bits per heavy atom. The van der Waals surface area contributed by atoms with Gasteiger partial charge in [0.05, 0.1) is 5.69 Å². The molecule has 0 atom stereocenters. The molecule has 0 radical (unpaired) electrons. The molecule has 64 valence electrons. The van der Waals surface area contributed by atoms with Crippen molar-refractivity contribution < 1.29 is 5.11 Å². The number of phenolic OH excluding ortho intramolecular Hbond substituents is 1. The van der Waals surface area contributed by atoms with Crippen molar-refractivity contribution in [2.24, 2.45) is 0 Å². The van der Waals surface area contributed by atoms with E-state index in [0.29, 0.717) is 11.4 Å². The molecular formula is C9H11NOS. The summed E-state index contributed by atoms with van der Waals surface area (Å²) in [5, 5.41) is 9.42. The van der Waals surface area contributed by atoms with Crippen LogP contribution in [0.4, 0.5) is 5.69 Å². The van der Waals surface area contributed by atoms with Crippen molar-refractivity contribution in [3.63, 3.8) is 0 Å². The Labute approximate surface area is 77.1 Å². The normalized spacial score (nSPS) is 10.8. The molecule has 0 unspecified atom stereocenters. The minimum Gasteiger partial charge on any atom is -0.505 e. The standard InChI is InChI=1S/C9H11NOS/c10-8-5-1-3-7(9(8)11)4-2-6-12/h1-5,11-12H,6,10H2. The van der Waals surface area contributed by atoms with Crippen LogP contribution in [0.25, 0.3) is 6.08 Å².